The third-order valence-corrected chi connectivity index (χ3v) is 6.08. The average molecular weight is 413 g/mol. The van der Waals surface area contributed by atoms with Crippen molar-refractivity contribution in [1.29, 1.82) is 0 Å². The molecule has 0 radical (unpaired) electrons. The van der Waals surface area contributed by atoms with Gasteiger partial charge in [0, 0.05) is 18.6 Å². The minimum atomic E-state index is -4.06. The van der Waals surface area contributed by atoms with Crippen molar-refractivity contribution in [3.05, 3.63) is 39.9 Å². The van der Waals surface area contributed by atoms with Crippen molar-refractivity contribution in [3.63, 3.8) is 0 Å². The number of carbonyl (C=O) groups is 1. The molecule has 0 aliphatic rings. The molecule has 7 nitrogen and oxygen atoms in total. The number of aryl methyl sites for hydroxylation is 1. The summed E-state index contributed by atoms with van der Waals surface area (Å²) < 4.78 is 16.1. The Kier molecular flexibility index (Phi) is 11.9. The molecule has 1 aromatic carbocycles. The molecule has 0 amide bonds. The highest BCUT2D eigenvalue weighted by Gasteiger charge is 2.28. The topological polar surface area (TPSA) is 107 Å². The monoisotopic (exact) mass is 413 g/mol. The van der Waals surface area contributed by atoms with Gasteiger partial charge in [0.2, 0.25) is 5.52 Å². The first-order chi connectivity index (χ1) is 13.4. The van der Waals surface area contributed by atoms with Crippen LogP contribution in [-0.4, -0.2) is 21.9 Å². The van der Waals surface area contributed by atoms with Gasteiger partial charge in [0.1, 0.15) is 0 Å². The molecule has 0 fully saturated rings. The summed E-state index contributed by atoms with van der Waals surface area (Å²) in [5, 5.41) is 10.6. The Balaban J connectivity index is 1.96. The molecule has 0 aliphatic carbocycles. The molecular weight excluding hydrogens is 381 g/mol. The predicted molar refractivity (Wildman–Crippen MR) is 109 cm³/mol. The fourth-order valence-electron chi connectivity index (χ4n) is 3.02. The molecular formula is C20H32NO6P. The lowest BCUT2D eigenvalue weighted by atomic mass is 10.0. The lowest BCUT2D eigenvalue weighted by Gasteiger charge is -2.08. The van der Waals surface area contributed by atoms with Crippen LogP contribution in [0.15, 0.2) is 24.3 Å². The molecule has 158 valence electrons. The van der Waals surface area contributed by atoms with Crippen molar-refractivity contribution < 1.29 is 23.7 Å². The van der Waals surface area contributed by atoms with E-state index in [1.807, 2.05) is 12.1 Å². The maximum absolute atomic E-state index is 11.6. The third kappa shape index (κ3) is 10.1. The summed E-state index contributed by atoms with van der Waals surface area (Å²) in [5.74, 6) is 0. The largest absolute Gasteiger partial charge is 0.394 e. The lowest BCUT2D eigenvalue weighted by Crippen LogP contribution is -2.02. The van der Waals surface area contributed by atoms with Gasteiger partial charge in [0.25, 0.3) is 5.69 Å². The average Bonchev–Trinajstić information content (AvgIpc) is 2.66. The minimum absolute atomic E-state index is 0.0629. The Morgan fingerprint density at radius 3 is 2.00 bits per heavy atom. The molecule has 1 unspecified atom stereocenters. The molecule has 1 N–H and O–H groups in total. The molecule has 0 aliphatic heterocycles. The van der Waals surface area contributed by atoms with E-state index < -0.39 is 13.1 Å². The molecule has 8 heteroatoms. The Labute approximate surface area is 167 Å². The van der Waals surface area contributed by atoms with Gasteiger partial charge >= 0.3 is 7.60 Å². The summed E-state index contributed by atoms with van der Waals surface area (Å²) in [4.78, 5) is 31.2. The highest BCUT2D eigenvalue weighted by molar-refractivity contribution is 7.70. The quantitative estimate of drug-likeness (QED) is 0.159. The van der Waals surface area contributed by atoms with E-state index >= 15 is 0 Å². The number of non-ortho nitro benzene ring substituents is 1. The number of carbonyl (C=O) groups excluding carboxylic acids is 1. The van der Waals surface area contributed by atoms with Crippen LogP contribution in [0.2, 0.25) is 0 Å². The molecule has 1 aromatic rings. The number of nitro benzene ring substituents is 1. The number of hydrogen-bond acceptors (Lipinski definition) is 5. The molecule has 28 heavy (non-hydrogen) atoms. The van der Waals surface area contributed by atoms with Crippen LogP contribution in [-0.2, 0) is 20.3 Å². The number of hydrogen-bond donors (Lipinski definition) is 1. The van der Waals surface area contributed by atoms with Crippen molar-refractivity contribution in [2.45, 2.75) is 77.6 Å². The maximum atomic E-state index is 11.6. The van der Waals surface area contributed by atoms with Crippen molar-refractivity contribution in [2.24, 2.45) is 0 Å². The van der Waals surface area contributed by atoms with Crippen LogP contribution in [0.1, 0.15) is 76.7 Å². The van der Waals surface area contributed by atoms with Gasteiger partial charge in [0.05, 0.1) is 11.5 Å². The highest BCUT2D eigenvalue weighted by Crippen LogP contribution is 2.44. The van der Waals surface area contributed by atoms with Crippen molar-refractivity contribution in [2.75, 3.05) is 6.61 Å². The summed E-state index contributed by atoms with van der Waals surface area (Å²) in [6, 6.07) is 6.76. The van der Waals surface area contributed by atoms with E-state index in [4.69, 9.17) is 0 Å². The van der Waals surface area contributed by atoms with Crippen LogP contribution in [0.25, 0.3) is 0 Å². The molecule has 1 atom stereocenters. The Hall–Kier alpha value is -1.56. The number of nitrogens with zero attached hydrogens (tertiary/aromatic N) is 1. The van der Waals surface area contributed by atoms with E-state index in [2.05, 4.69) is 4.52 Å². The number of benzene rings is 1. The second-order valence-corrected chi connectivity index (χ2v) is 8.74. The zero-order valence-electron chi connectivity index (χ0n) is 16.7. The summed E-state index contributed by atoms with van der Waals surface area (Å²) in [6.45, 7) is 1.65. The van der Waals surface area contributed by atoms with Crippen LogP contribution < -0.4 is 0 Å². The third-order valence-electron chi connectivity index (χ3n) is 4.62. The molecule has 0 saturated carbocycles. The van der Waals surface area contributed by atoms with Gasteiger partial charge in [0.15, 0.2) is 0 Å². The molecule has 0 saturated heterocycles. The van der Waals surface area contributed by atoms with Gasteiger partial charge in [-0.3, -0.25) is 19.5 Å². The van der Waals surface area contributed by atoms with E-state index in [-0.39, 0.29) is 23.6 Å². The van der Waals surface area contributed by atoms with Crippen LogP contribution in [0.4, 0.5) is 5.69 Å². The lowest BCUT2D eigenvalue weighted by molar-refractivity contribution is -0.384. The van der Waals surface area contributed by atoms with Crippen molar-refractivity contribution in [3.8, 4) is 0 Å². The Morgan fingerprint density at radius 2 is 1.50 bits per heavy atom. The smallest absolute Gasteiger partial charge is 0.319 e. The predicted octanol–water partition coefficient (Wildman–Crippen LogP) is 5.79. The van der Waals surface area contributed by atoms with E-state index in [1.165, 1.54) is 12.8 Å². The number of nitro groups is 1. The van der Waals surface area contributed by atoms with Gasteiger partial charge in [-0.2, -0.15) is 0 Å². The van der Waals surface area contributed by atoms with Crippen molar-refractivity contribution >= 4 is 18.8 Å². The van der Waals surface area contributed by atoms with Gasteiger partial charge in [-0.1, -0.05) is 57.1 Å². The fraction of sp³-hybridized carbons (Fsp3) is 0.650. The van der Waals surface area contributed by atoms with Crippen LogP contribution >= 0.6 is 7.60 Å². The van der Waals surface area contributed by atoms with E-state index in [0.717, 1.165) is 50.5 Å². The molecule has 1 rings (SSSR count). The molecule has 0 aromatic heterocycles. The van der Waals surface area contributed by atoms with Gasteiger partial charge in [-0.05, 0) is 31.7 Å². The fourth-order valence-corrected chi connectivity index (χ4v) is 3.95. The summed E-state index contributed by atoms with van der Waals surface area (Å²) in [6.07, 6.45) is 10.4. The van der Waals surface area contributed by atoms with Gasteiger partial charge < -0.3 is 9.42 Å². The van der Waals surface area contributed by atoms with Gasteiger partial charge in [-0.25, -0.2) is 0 Å². The summed E-state index contributed by atoms with van der Waals surface area (Å²) in [7, 11) is -4.06. The maximum Gasteiger partial charge on any atom is 0.394 e. The Bertz CT molecular complexity index is 647. The van der Waals surface area contributed by atoms with E-state index in [0.29, 0.717) is 6.42 Å². The first-order valence-corrected chi connectivity index (χ1v) is 11.7. The molecule has 0 bridgehead atoms. The molecule has 0 heterocycles. The number of unbranched alkanes of at least 4 members (excludes halogenated alkanes) is 8. The van der Waals surface area contributed by atoms with E-state index in [9.17, 15) is 24.4 Å². The van der Waals surface area contributed by atoms with Crippen LogP contribution in [0, 0.1) is 10.1 Å². The summed E-state index contributed by atoms with van der Waals surface area (Å²) in [5.41, 5.74) is 0.590. The van der Waals surface area contributed by atoms with E-state index in [1.54, 1.807) is 19.1 Å². The normalized spacial score (nSPS) is 13.2. The number of rotatable bonds is 16. The van der Waals surface area contributed by atoms with Crippen LogP contribution in [0.5, 0.6) is 0 Å². The SMILES string of the molecule is CCOP(=O)(O)C(=O)CCCCCCCCCCCc1ccc([N+](=O)[O-])cc1. The minimum Gasteiger partial charge on any atom is -0.319 e. The van der Waals surface area contributed by atoms with Crippen LogP contribution in [0.3, 0.4) is 0 Å². The zero-order chi connectivity index (χ0) is 20.8. The second-order valence-electron chi connectivity index (χ2n) is 6.94. The first kappa shape index (κ1) is 24.5. The standard InChI is InChI=1S/C20H32NO6P/c1-2-27-28(25,26)20(22)13-11-9-7-5-3-4-6-8-10-12-18-14-16-19(17-15-18)21(23)24/h14-17H,2-13H2,1H3,(H,25,26). The Morgan fingerprint density at radius 1 is 1.00 bits per heavy atom. The van der Waals surface area contributed by atoms with Crippen molar-refractivity contribution in [1.82, 2.24) is 0 Å². The second kappa shape index (κ2) is 13.6. The zero-order valence-corrected chi connectivity index (χ0v) is 17.6. The van der Waals surface area contributed by atoms with Gasteiger partial charge in [-0.15, -0.1) is 0 Å². The molecule has 0 spiro atoms. The highest BCUT2D eigenvalue weighted by atomic mass is 31.2. The summed E-state index contributed by atoms with van der Waals surface area (Å²) >= 11 is 0. The first-order valence-electron chi connectivity index (χ1n) is 10.1.